The zero-order valence-corrected chi connectivity index (χ0v) is 12.2. The zero-order valence-electron chi connectivity index (χ0n) is 12.2. The van der Waals surface area contributed by atoms with Crippen LogP contribution in [0, 0.1) is 0 Å². The summed E-state index contributed by atoms with van der Waals surface area (Å²) in [7, 11) is 3.27. The van der Waals surface area contributed by atoms with Crippen LogP contribution >= 0.6 is 0 Å². The molecular formula is C15H23NO4. The van der Waals surface area contributed by atoms with E-state index in [0.717, 1.165) is 38.0 Å². The molecule has 112 valence electrons. The molecular weight excluding hydrogens is 258 g/mol. The van der Waals surface area contributed by atoms with Crippen LogP contribution in [0.3, 0.4) is 0 Å². The van der Waals surface area contributed by atoms with Crippen LogP contribution in [0.25, 0.3) is 0 Å². The van der Waals surface area contributed by atoms with E-state index in [2.05, 4.69) is 0 Å². The number of benzene rings is 1. The van der Waals surface area contributed by atoms with Crippen molar-refractivity contribution >= 4 is 0 Å². The Labute approximate surface area is 120 Å². The number of methoxy groups -OCH3 is 2. The Morgan fingerprint density at radius 2 is 1.75 bits per heavy atom. The molecule has 1 fully saturated rings. The lowest BCUT2D eigenvalue weighted by Gasteiger charge is -2.25. The van der Waals surface area contributed by atoms with E-state index in [1.165, 1.54) is 0 Å². The van der Waals surface area contributed by atoms with Crippen molar-refractivity contribution in [3.63, 3.8) is 0 Å². The van der Waals surface area contributed by atoms with E-state index in [9.17, 15) is 0 Å². The predicted molar refractivity (Wildman–Crippen MR) is 76.8 cm³/mol. The van der Waals surface area contributed by atoms with Crippen molar-refractivity contribution in [3.8, 4) is 17.2 Å². The van der Waals surface area contributed by atoms with Crippen LogP contribution < -0.4 is 19.9 Å². The van der Waals surface area contributed by atoms with E-state index >= 15 is 0 Å². The number of hydrogen-bond acceptors (Lipinski definition) is 5. The summed E-state index contributed by atoms with van der Waals surface area (Å²) >= 11 is 0. The van der Waals surface area contributed by atoms with Gasteiger partial charge in [-0.3, -0.25) is 0 Å². The fraction of sp³-hybridized carbons (Fsp3) is 0.600. The summed E-state index contributed by atoms with van der Waals surface area (Å²) in [6.07, 6.45) is 2.70. The Kier molecular flexibility index (Phi) is 5.49. The summed E-state index contributed by atoms with van der Waals surface area (Å²) in [5, 5.41) is 0. The fourth-order valence-electron chi connectivity index (χ4n) is 2.32. The monoisotopic (exact) mass is 281 g/mol. The highest BCUT2D eigenvalue weighted by Gasteiger charge is 2.21. The molecule has 0 aliphatic carbocycles. The third-order valence-corrected chi connectivity index (χ3v) is 3.41. The highest BCUT2D eigenvalue weighted by atomic mass is 16.5. The van der Waals surface area contributed by atoms with Crippen molar-refractivity contribution in [3.05, 3.63) is 17.7 Å². The van der Waals surface area contributed by atoms with E-state index in [4.69, 9.17) is 24.7 Å². The molecule has 5 heteroatoms. The molecule has 1 aliphatic heterocycles. The Morgan fingerprint density at radius 1 is 1.15 bits per heavy atom. The van der Waals surface area contributed by atoms with Gasteiger partial charge in [-0.25, -0.2) is 0 Å². The molecule has 2 rings (SSSR count). The second-order valence-electron chi connectivity index (χ2n) is 4.80. The molecule has 5 nitrogen and oxygen atoms in total. The second kappa shape index (κ2) is 7.36. The summed E-state index contributed by atoms with van der Waals surface area (Å²) in [6.45, 7) is 2.06. The van der Waals surface area contributed by atoms with Crippen LogP contribution in [0.2, 0.25) is 0 Å². The third kappa shape index (κ3) is 3.55. The van der Waals surface area contributed by atoms with E-state index in [1.807, 2.05) is 12.1 Å². The first-order valence-electron chi connectivity index (χ1n) is 6.97. The van der Waals surface area contributed by atoms with E-state index in [-0.39, 0.29) is 6.10 Å². The Morgan fingerprint density at radius 3 is 2.25 bits per heavy atom. The standard InChI is InChI=1S/C15H23NO4/c1-17-13-9-11(3-6-16)10-14(18-2)15(13)20-12-4-7-19-8-5-12/h9-10,12H,3-8,16H2,1-2H3. The van der Waals surface area contributed by atoms with Gasteiger partial charge in [-0.2, -0.15) is 0 Å². The van der Waals surface area contributed by atoms with E-state index in [0.29, 0.717) is 23.8 Å². The second-order valence-corrected chi connectivity index (χ2v) is 4.80. The molecule has 0 spiro atoms. The first-order chi connectivity index (χ1) is 9.78. The maximum atomic E-state index is 6.07. The normalized spacial score (nSPS) is 15.9. The molecule has 0 radical (unpaired) electrons. The summed E-state index contributed by atoms with van der Waals surface area (Å²) in [6, 6.07) is 3.92. The molecule has 0 unspecified atom stereocenters. The summed E-state index contributed by atoms with van der Waals surface area (Å²) < 4.78 is 22.3. The van der Waals surface area contributed by atoms with Crippen LogP contribution in [-0.4, -0.2) is 40.1 Å². The Bertz CT molecular complexity index is 405. The van der Waals surface area contributed by atoms with Gasteiger partial charge in [0.05, 0.1) is 27.4 Å². The molecule has 0 bridgehead atoms. The highest BCUT2D eigenvalue weighted by Crippen LogP contribution is 2.40. The minimum atomic E-state index is 0.145. The molecule has 1 aliphatic rings. The fourth-order valence-corrected chi connectivity index (χ4v) is 2.32. The van der Waals surface area contributed by atoms with Crippen LogP contribution in [0.15, 0.2) is 12.1 Å². The van der Waals surface area contributed by atoms with Crippen LogP contribution in [-0.2, 0) is 11.2 Å². The van der Waals surface area contributed by atoms with Gasteiger partial charge >= 0.3 is 0 Å². The van der Waals surface area contributed by atoms with Crippen molar-refractivity contribution in [2.45, 2.75) is 25.4 Å². The lowest BCUT2D eigenvalue weighted by molar-refractivity contribution is 0.0234. The minimum Gasteiger partial charge on any atom is -0.493 e. The molecule has 2 N–H and O–H groups in total. The largest absolute Gasteiger partial charge is 0.493 e. The van der Waals surface area contributed by atoms with Gasteiger partial charge in [0.25, 0.3) is 0 Å². The first-order valence-corrected chi connectivity index (χ1v) is 6.97. The third-order valence-electron chi connectivity index (χ3n) is 3.41. The summed E-state index contributed by atoms with van der Waals surface area (Å²) in [5.74, 6) is 2.06. The van der Waals surface area contributed by atoms with Gasteiger partial charge < -0.3 is 24.7 Å². The molecule has 1 aromatic carbocycles. The number of nitrogens with two attached hydrogens (primary N) is 1. The van der Waals surface area contributed by atoms with Gasteiger partial charge in [0, 0.05) is 12.8 Å². The van der Waals surface area contributed by atoms with Crippen LogP contribution in [0.1, 0.15) is 18.4 Å². The number of hydrogen-bond donors (Lipinski definition) is 1. The molecule has 20 heavy (non-hydrogen) atoms. The van der Waals surface area contributed by atoms with Crippen molar-refractivity contribution in [1.82, 2.24) is 0 Å². The van der Waals surface area contributed by atoms with Crippen LogP contribution in [0.5, 0.6) is 17.2 Å². The smallest absolute Gasteiger partial charge is 0.203 e. The quantitative estimate of drug-likeness (QED) is 0.861. The van der Waals surface area contributed by atoms with Crippen LogP contribution in [0.4, 0.5) is 0 Å². The predicted octanol–water partition coefficient (Wildman–Crippen LogP) is 1.76. The molecule has 0 aromatic heterocycles. The van der Waals surface area contributed by atoms with Gasteiger partial charge in [0.1, 0.15) is 6.10 Å². The van der Waals surface area contributed by atoms with E-state index < -0.39 is 0 Å². The Balaban J connectivity index is 2.24. The van der Waals surface area contributed by atoms with Crippen molar-refractivity contribution in [2.75, 3.05) is 34.0 Å². The minimum absolute atomic E-state index is 0.145. The SMILES string of the molecule is COc1cc(CCN)cc(OC)c1OC1CCOCC1. The molecule has 1 heterocycles. The van der Waals surface area contributed by atoms with Gasteiger partial charge in [0.2, 0.25) is 5.75 Å². The molecule has 1 saturated heterocycles. The average Bonchev–Trinajstić information content (AvgIpc) is 2.49. The zero-order chi connectivity index (χ0) is 14.4. The summed E-state index contributed by atoms with van der Waals surface area (Å²) in [4.78, 5) is 0. The van der Waals surface area contributed by atoms with Crippen molar-refractivity contribution in [1.29, 1.82) is 0 Å². The van der Waals surface area contributed by atoms with Gasteiger partial charge in [0.15, 0.2) is 11.5 Å². The maximum absolute atomic E-state index is 6.07. The first kappa shape index (κ1) is 14.9. The summed E-state index contributed by atoms with van der Waals surface area (Å²) in [5.41, 5.74) is 6.69. The number of rotatable bonds is 6. The topological polar surface area (TPSA) is 62.9 Å². The molecule has 0 atom stereocenters. The molecule has 0 saturated carbocycles. The van der Waals surface area contributed by atoms with Crippen molar-refractivity contribution in [2.24, 2.45) is 5.73 Å². The number of ether oxygens (including phenoxy) is 4. The Hall–Kier alpha value is -1.46. The van der Waals surface area contributed by atoms with Gasteiger partial charge in [-0.15, -0.1) is 0 Å². The van der Waals surface area contributed by atoms with Gasteiger partial charge in [-0.05, 0) is 30.7 Å². The molecule has 0 amide bonds. The highest BCUT2D eigenvalue weighted by molar-refractivity contribution is 5.54. The maximum Gasteiger partial charge on any atom is 0.203 e. The van der Waals surface area contributed by atoms with Crippen molar-refractivity contribution < 1.29 is 18.9 Å². The lowest BCUT2D eigenvalue weighted by atomic mass is 10.1. The average molecular weight is 281 g/mol. The van der Waals surface area contributed by atoms with Gasteiger partial charge in [-0.1, -0.05) is 0 Å². The molecule has 1 aromatic rings. The lowest BCUT2D eigenvalue weighted by Crippen LogP contribution is -2.26. The van der Waals surface area contributed by atoms with E-state index in [1.54, 1.807) is 14.2 Å².